The molecule has 1 aromatic carbocycles. The summed E-state index contributed by atoms with van der Waals surface area (Å²) in [5.74, 6) is -0.236. The number of aromatic nitrogens is 3. The zero-order valence-corrected chi connectivity index (χ0v) is 18.9. The molecule has 1 aliphatic rings. The zero-order chi connectivity index (χ0) is 23.2. The summed E-state index contributed by atoms with van der Waals surface area (Å²) in [6.45, 7) is 0.772. The summed E-state index contributed by atoms with van der Waals surface area (Å²) < 4.78 is 6.82. The number of carboxylic acids is 1. The van der Waals surface area contributed by atoms with Crippen molar-refractivity contribution in [1.29, 1.82) is 0 Å². The maximum Gasteiger partial charge on any atom is 0.329 e. The molecule has 8 heteroatoms. The lowest BCUT2D eigenvalue weighted by molar-refractivity contribution is -0.142. The van der Waals surface area contributed by atoms with Crippen LogP contribution in [0.2, 0.25) is 5.15 Å². The fourth-order valence-electron chi connectivity index (χ4n) is 4.36. The smallest absolute Gasteiger partial charge is 0.329 e. The van der Waals surface area contributed by atoms with Crippen molar-refractivity contribution in [2.75, 3.05) is 13.2 Å². The second kappa shape index (κ2) is 10.7. The Balaban J connectivity index is 1.54. The molecule has 33 heavy (non-hydrogen) atoms. The minimum atomic E-state index is -0.944. The predicted molar refractivity (Wildman–Crippen MR) is 126 cm³/mol. The second-order valence-corrected chi connectivity index (χ2v) is 8.84. The van der Waals surface area contributed by atoms with Gasteiger partial charge in [-0.1, -0.05) is 41.9 Å². The maximum absolute atomic E-state index is 13.0. The number of benzene rings is 1. The Morgan fingerprint density at radius 3 is 2.48 bits per heavy atom. The first-order chi connectivity index (χ1) is 16.0. The van der Waals surface area contributed by atoms with Crippen molar-refractivity contribution in [2.45, 2.75) is 32.2 Å². The van der Waals surface area contributed by atoms with Crippen LogP contribution >= 0.6 is 11.6 Å². The van der Waals surface area contributed by atoms with E-state index in [9.17, 15) is 9.59 Å². The molecule has 7 nitrogen and oxygen atoms in total. The first-order valence-electron chi connectivity index (χ1n) is 11.1. The van der Waals surface area contributed by atoms with Crippen LogP contribution in [0.4, 0.5) is 0 Å². The van der Waals surface area contributed by atoms with E-state index in [0.29, 0.717) is 30.1 Å². The molecule has 3 aromatic rings. The van der Waals surface area contributed by atoms with E-state index in [1.807, 2.05) is 36.4 Å². The number of halogens is 1. The van der Waals surface area contributed by atoms with Crippen LogP contribution in [-0.4, -0.2) is 39.1 Å². The van der Waals surface area contributed by atoms with E-state index in [-0.39, 0.29) is 12.2 Å². The van der Waals surface area contributed by atoms with Crippen LogP contribution in [-0.2, 0) is 16.1 Å². The topological polar surface area (TPSA) is 94.3 Å². The molecule has 0 radical (unpaired) electrons. The number of rotatable bonds is 8. The van der Waals surface area contributed by atoms with E-state index in [1.54, 1.807) is 23.0 Å². The molecule has 1 saturated carbocycles. The van der Waals surface area contributed by atoms with E-state index in [4.69, 9.17) is 26.5 Å². The van der Waals surface area contributed by atoms with Gasteiger partial charge in [-0.05, 0) is 55.2 Å². The van der Waals surface area contributed by atoms with Crippen LogP contribution in [0.25, 0.3) is 22.4 Å². The summed E-state index contributed by atoms with van der Waals surface area (Å²) >= 11 is 6.10. The number of hydrogen-bond acceptors (Lipinski definition) is 5. The molecule has 0 atom stereocenters. The van der Waals surface area contributed by atoms with Gasteiger partial charge in [-0.2, -0.15) is 5.10 Å². The standard InChI is InChI=1S/C25H26ClN3O4/c26-22-12-20(10-11-27-22)21-13-23(30)29(28-25(21)19-4-2-1-3-5-19)14-17-6-8-18(9-7-17)15-33-16-24(31)32/h1-5,10-13,17-18H,6-9,14-16H2,(H,31,32)/t17-,18+. The van der Waals surface area contributed by atoms with Gasteiger partial charge in [0.25, 0.3) is 5.56 Å². The maximum atomic E-state index is 13.0. The van der Waals surface area contributed by atoms with E-state index >= 15 is 0 Å². The van der Waals surface area contributed by atoms with E-state index < -0.39 is 5.97 Å². The second-order valence-electron chi connectivity index (χ2n) is 8.46. The molecule has 0 unspecified atom stereocenters. The van der Waals surface area contributed by atoms with Gasteiger partial charge in [0.05, 0.1) is 12.3 Å². The predicted octanol–water partition coefficient (Wildman–Crippen LogP) is 4.53. The molecule has 1 N–H and O–H groups in total. The number of carboxylic acid groups (broad SMARTS) is 1. The fraction of sp³-hybridized carbons (Fsp3) is 0.360. The van der Waals surface area contributed by atoms with Gasteiger partial charge in [-0.3, -0.25) is 4.79 Å². The van der Waals surface area contributed by atoms with Gasteiger partial charge in [0.15, 0.2) is 0 Å². The molecule has 0 saturated heterocycles. The van der Waals surface area contributed by atoms with E-state index in [2.05, 4.69) is 4.98 Å². The molecule has 2 aromatic heterocycles. The highest BCUT2D eigenvalue weighted by atomic mass is 35.5. The van der Waals surface area contributed by atoms with Gasteiger partial charge < -0.3 is 9.84 Å². The fourth-order valence-corrected chi connectivity index (χ4v) is 4.53. The van der Waals surface area contributed by atoms with Crippen molar-refractivity contribution in [3.63, 3.8) is 0 Å². The number of pyridine rings is 1. The summed E-state index contributed by atoms with van der Waals surface area (Å²) in [7, 11) is 0. The SMILES string of the molecule is O=C(O)COC[C@H]1CC[C@@H](Cn2nc(-c3ccccc3)c(-c3ccnc(Cl)c3)cc2=O)CC1. The summed E-state index contributed by atoms with van der Waals surface area (Å²) in [6.07, 6.45) is 5.45. The van der Waals surface area contributed by atoms with Crippen LogP contribution in [0.15, 0.2) is 59.5 Å². The van der Waals surface area contributed by atoms with Gasteiger partial charge in [0.2, 0.25) is 0 Å². The van der Waals surface area contributed by atoms with Gasteiger partial charge in [-0.15, -0.1) is 0 Å². The van der Waals surface area contributed by atoms with Crippen LogP contribution in [0.1, 0.15) is 25.7 Å². The molecule has 0 aliphatic heterocycles. The number of nitrogens with zero attached hydrogens (tertiary/aromatic N) is 3. The quantitative estimate of drug-likeness (QED) is 0.489. The minimum Gasteiger partial charge on any atom is -0.480 e. The molecule has 4 rings (SSSR count). The summed E-state index contributed by atoms with van der Waals surface area (Å²) in [6, 6.07) is 15.0. The first kappa shape index (κ1) is 23.1. The van der Waals surface area contributed by atoms with Crippen LogP contribution in [0.5, 0.6) is 0 Å². The van der Waals surface area contributed by atoms with Crippen molar-refractivity contribution in [1.82, 2.24) is 14.8 Å². The van der Waals surface area contributed by atoms with Gasteiger partial charge in [0.1, 0.15) is 11.8 Å². The Bertz CT molecular complexity index is 1160. The number of ether oxygens (including phenoxy) is 1. The molecular weight excluding hydrogens is 442 g/mol. The summed E-state index contributed by atoms with van der Waals surface area (Å²) in [5.41, 5.74) is 3.03. The Hall–Kier alpha value is -3.03. The molecule has 1 aliphatic carbocycles. The summed E-state index contributed by atoms with van der Waals surface area (Å²) in [5, 5.41) is 13.9. The molecule has 1 fully saturated rings. The lowest BCUT2D eigenvalue weighted by Gasteiger charge is -2.28. The third-order valence-corrected chi connectivity index (χ3v) is 6.27. The van der Waals surface area contributed by atoms with Gasteiger partial charge in [0, 0.05) is 29.9 Å². The van der Waals surface area contributed by atoms with Crippen molar-refractivity contribution in [2.24, 2.45) is 11.8 Å². The number of carbonyl (C=O) groups is 1. The third-order valence-electron chi connectivity index (χ3n) is 6.06. The molecule has 172 valence electrons. The highest BCUT2D eigenvalue weighted by molar-refractivity contribution is 6.29. The van der Waals surface area contributed by atoms with Crippen LogP contribution in [0.3, 0.4) is 0 Å². The lowest BCUT2D eigenvalue weighted by Crippen LogP contribution is -2.29. The van der Waals surface area contributed by atoms with Gasteiger partial charge in [-0.25, -0.2) is 14.5 Å². The number of aliphatic carboxylic acids is 1. The Kier molecular flexibility index (Phi) is 7.52. The van der Waals surface area contributed by atoms with Crippen molar-refractivity contribution >= 4 is 17.6 Å². The molecule has 0 amide bonds. The van der Waals surface area contributed by atoms with Crippen LogP contribution < -0.4 is 5.56 Å². The lowest BCUT2D eigenvalue weighted by atomic mass is 9.82. The highest BCUT2D eigenvalue weighted by Gasteiger charge is 2.23. The van der Waals surface area contributed by atoms with Crippen molar-refractivity contribution < 1.29 is 14.6 Å². The van der Waals surface area contributed by atoms with Crippen molar-refractivity contribution in [3.8, 4) is 22.4 Å². The number of hydrogen-bond donors (Lipinski definition) is 1. The zero-order valence-electron chi connectivity index (χ0n) is 18.2. The Morgan fingerprint density at radius 1 is 1.06 bits per heavy atom. The highest BCUT2D eigenvalue weighted by Crippen LogP contribution is 2.32. The average molecular weight is 468 g/mol. The normalized spacial score (nSPS) is 18.2. The van der Waals surface area contributed by atoms with E-state index in [1.165, 1.54) is 0 Å². The largest absolute Gasteiger partial charge is 0.480 e. The minimum absolute atomic E-state index is 0.149. The molecule has 0 spiro atoms. The van der Waals surface area contributed by atoms with Crippen molar-refractivity contribution in [3.05, 3.63) is 70.2 Å². The Labute approximate surface area is 197 Å². The summed E-state index contributed by atoms with van der Waals surface area (Å²) in [4.78, 5) is 27.7. The monoisotopic (exact) mass is 467 g/mol. The van der Waals surface area contributed by atoms with E-state index in [0.717, 1.165) is 48.1 Å². The third kappa shape index (κ3) is 6.06. The average Bonchev–Trinajstić information content (AvgIpc) is 2.81. The molecule has 2 heterocycles. The van der Waals surface area contributed by atoms with Crippen LogP contribution in [0, 0.1) is 11.8 Å². The first-order valence-corrected chi connectivity index (χ1v) is 11.5. The molecule has 0 bridgehead atoms. The van der Waals surface area contributed by atoms with Gasteiger partial charge >= 0.3 is 5.97 Å². The Morgan fingerprint density at radius 2 is 1.79 bits per heavy atom. The molecular formula is C25H26ClN3O4.